The Morgan fingerprint density at radius 1 is 0.894 bits per heavy atom. The van der Waals surface area contributed by atoms with Crippen molar-refractivity contribution in [1.82, 2.24) is 21.3 Å². The van der Waals surface area contributed by atoms with Crippen LogP contribution < -0.4 is 21.3 Å². The Bertz CT molecular complexity index is 1340. The molecule has 0 aliphatic rings. The molecule has 0 radical (unpaired) electrons. The van der Waals surface area contributed by atoms with Crippen LogP contribution in [-0.2, 0) is 49.8 Å². The molecule has 15 heteroatoms. The fourth-order valence-electron chi connectivity index (χ4n) is 3.75. The highest BCUT2D eigenvalue weighted by Crippen LogP contribution is 2.11. The molecule has 0 saturated heterocycles. The summed E-state index contributed by atoms with van der Waals surface area (Å²) in [6.45, 7) is 11.8. The van der Waals surface area contributed by atoms with Gasteiger partial charge in [0.1, 0.15) is 24.3 Å². The number of carbonyl (C=O) groups excluding carboxylic acids is 5. The first kappa shape index (κ1) is 41.0. The summed E-state index contributed by atoms with van der Waals surface area (Å²) in [6, 6.07) is 5.80. The van der Waals surface area contributed by atoms with E-state index in [0.29, 0.717) is 13.0 Å². The molecule has 47 heavy (non-hydrogen) atoms. The molecule has 0 spiro atoms. The zero-order valence-corrected chi connectivity index (χ0v) is 29.3. The van der Waals surface area contributed by atoms with E-state index in [2.05, 4.69) is 21.3 Å². The number of hydrogen-bond donors (Lipinski definition) is 4. The number of hydrogen-bond acceptors (Lipinski definition) is 10. The lowest BCUT2D eigenvalue weighted by Gasteiger charge is -2.23. The summed E-state index contributed by atoms with van der Waals surface area (Å²) in [4.78, 5) is 63.4. The predicted molar refractivity (Wildman–Crippen MR) is 175 cm³/mol. The van der Waals surface area contributed by atoms with Crippen LogP contribution in [0.5, 0.6) is 0 Å². The van der Waals surface area contributed by atoms with E-state index >= 15 is 0 Å². The second kappa shape index (κ2) is 19.0. The molecule has 3 unspecified atom stereocenters. The Hall–Kier alpha value is -3.98. The molecule has 0 aliphatic heterocycles. The van der Waals surface area contributed by atoms with Crippen LogP contribution in [0.15, 0.2) is 41.8 Å². The molecule has 1 rings (SSSR count). The molecule has 1 aromatic rings. The lowest BCUT2D eigenvalue weighted by molar-refractivity contribution is -0.155. The first-order chi connectivity index (χ1) is 21.6. The van der Waals surface area contributed by atoms with Gasteiger partial charge in [-0.05, 0) is 66.9 Å². The van der Waals surface area contributed by atoms with Gasteiger partial charge in [-0.2, -0.15) is 0 Å². The highest BCUT2D eigenvalue weighted by Gasteiger charge is 2.26. The molecular weight excluding hydrogens is 632 g/mol. The number of esters is 1. The van der Waals surface area contributed by atoms with Crippen molar-refractivity contribution in [2.45, 2.75) is 104 Å². The van der Waals surface area contributed by atoms with E-state index in [9.17, 15) is 32.4 Å². The van der Waals surface area contributed by atoms with E-state index in [1.54, 1.807) is 45.0 Å². The number of nitrogens with one attached hydrogen (secondary N) is 4. The van der Waals surface area contributed by atoms with E-state index in [1.807, 2.05) is 26.8 Å². The number of ether oxygens (including phenoxy) is 3. The zero-order valence-electron chi connectivity index (χ0n) is 28.5. The predicted octanol–water partition coefficient (Wildman–Crippen LogP) is 2.27. The topological polar surface area (TPSA) is 195 Å². The number of benzene rings is 1. The van der Waals surface area contributed by atoms with E-state index in [0.717, 1.165) is 23.3 Å². The van der Waals surface area contributed by atoms with Crippen molar-refractivity contribution in [2.24, 2.45) is 0 Å². The summed E-state index contributed by atoms with van der Waals surface area (Å²) in [5.74, 6) is -2.73. The molecule has 0 bridgehead atoms. The van der Waals surface area contributed by atoms with Crippen LogP contribution in [0.25, 0.3) is 0 Å². The third-order valence-corrected chi connectivity index (χ3v) is 6.53. The minimum absolute atomic E-state index is 0.00453. The average molecular weight is 683 g/mol. The third kappa shape index (κ3) is 20.7. The van der Waals surface area contributed by atoms with Gasteiger partial charge in [-0.1, -0.05) is 36.4 Å². The molecule has 4 N–H and O–H groups in total. The second-order valence-corrected chi connectivity index (χ2v) is 14.9. The number of rotatable bonds is 17. The van der Waals surface area contributed by atoms with Gasteiger partial charge < -0.3 is 35.5 Å². The normalized spacial score (nSPS) is 14.0. The van der Waals surface area contributed by atoms with Crippen LogP contribution >= 0.6 is 0 Å². The Morgan fingerprint density at radius 3 is 2.11 bits per heavy atom. The van der Waals surface area contributed by atoms with E-state index in [-0.39, 0.29) is 19.4 Å². The number of sulfone groups is 1. The Balaban J connectivity index is 2.86. The summed E-state index contributed by atoms with van der Waals surface area (Å²) in [5, 5.41) is 10.8. The summed E-state index contributed by atoms with van der Waals surface area (Å²) in [6.07, 6.45) is 1.47. The van der Waals surface area contributed by atoms with Crippen LogP contribution in [-0.4, -0.2) is 86.9 Å². The van der Waals surface area contributed by atoms with E-state index in [4.69, 9.17) is 14.2 Å². The van der Waals surface area contributed by atoms with Gasteiger partial charge in [0, 0.05) is 18.3 Å². The molecule has 0 fully saturated rings. The number of amides is 4. The quantitative estimate of drug-likeness (QED) is 0.140. The highest BCUT2D eigenvalue weighted by atomic mass is 32.2. The molecule has 3 atom stereocenters. The SMILES string of the molecule is CC(NC(=O)OCc1ccccc1)C(=O)NC(CCCOC(C)(C)C)C(=O)NCC(=O)NC(C=CS(C)(=O)=O)CC(=O)OC(C)(C)C. The molecular formula is C32H50N4O10S. The van der Waals surface area contributed by atoms with Gasteiger partial charge in [0.05, 0.1) is 24.6 Å². The van der Waals surface area contributed by atoms with Gasteiger partial charge >= 0.3 is 12.1 Å². The average Bonchev–Trinajstić information content (AvgIpc) is 2.93. The first-order valence-corrected chi connectivity index (χ1v) is 17.2. The summed E-state index contributed by atoms with van der Waals surface area (Å²) in [7, 11) is -3.56. The molecule has 0 saturated carbocycles. The molecule has 0 heterocycles. The van der Waals surface area contributed by atoms with Gasteiger partial charge in [0.2, 0.25) is 17.7 Å². The Kier molecular flexibility index (Phi) is 16.6. The third-order valence-electron chi connectivity index (χ3n) is 5.88. The lowest BCUT2D eigenvalue weighted by atomic mass is 10.1. The summed E-state index contributed by atoms with van der Waals surface area (Å²) in [5.41, 5.74) is -0.452. The van der Waals surface area contributed by atoms with E-state index < -0.39 is 75.5 Å². The largest absolute Gasteiger partial charge is 0.460 e. The monoisotopic (exact) mass is 682 g/mol. The van der Waals surface area contributed by atoms with Crippen molar-refractivity contribution in [3.8, 4) is 0 Å². The van der Waals surface area contributed by atoms with Crippen molar-refractivity contribution in [3.05, 3.63) is 47.4 Å². The van der Waals surface area contributed by atoms with Crippen LogP contribution in [0.4, 0.5) is 4.79 Å². The molecule has 4 amide bonds. The van der Waals surface area contributed by atoms with Crippen LogP contribution in [0.2, 0.25) is 0 Å². The summed E-state index contributed by atoms with van der Waals surface area (Å²) < 4.78 is 39.4. The molecule has 0 aliphatic carbocycles. The van der Waals surface area contributed by atoms with Gasteiger partial charge in [-0.3, -0.25) is 19.2 Å². The summed E-state index contributed by atoms with van der Waals surface area (Å²) >= 11 is 0. The molecule has 1 aromatic carbocycles. The van der Waals surface area contributed by atoms with Crippen LogP contribution in [0.1, 0.15) is 73.3 Å². The fraction of sp³-hybridized carbons (Fsp3) is 0.594. The van der Waals surface area contributed by atoms with Gasteiger partial charge in [0.15, 0.2) is 9.84 Å². The number of alkyl carbamates (subject to hydrolysis) is 1. The maximum atomic E-state index is 13.1. The van der Waals surface area contributed by atoms with Gasteiger partial charge in [-0.25, -0.2) is 13.2 Å². The second-order valence-electron chi connectivity index (χ2n) is 12.9. The van der Waals surface area contributed by atoms with Crippen molar-refractivity contribution in [2.75, 3.05) is 19.4 Å². The van der Waals surface area contributed by atoms with Crippen LogP contribution in [0, 0.1) is 0 Å². The van der Waals surface area contributed by atoms with Crippen molar-refractivity contribution >= 4 is 39.6 Å². The molecule has 14 nitrogen and oxygen atoms in total. The number of carbonyl (C=O) groups is 5. The lowest BCUT2D eigenvalue weighted by Crippen LogP contribution is -2.54. The minimum atomic E-state index is -3.56. The minimum Gasteiger partial charge on any atom is -0.460 e. The smallest absolute Gasteiger partial charge is 0.408 e. The molecule has 264 valence electrons. The fourth-order valence-corrected chi connectivity index (χ4v) is 4.23. The maximum absolute atomic E-state index is 13.1. The standard InChI is InChI=1S/C32H50N4O10S/c1-22(34-30(41)44-21-23-13-10-9-11-14-23)28(39)36-25(15-12-17-45-31(2,3)4)29(40)33-20-26(37)35-24(16-18-47(8,42)43)19-27(38)46-32(5,6)7/h9-11,13-14,16,18,22,24-25H,12,15,17,19-21H2,1-8H3,(H,33,40)(H,34,41)(H,35,37)(H,36,39). The Morgan fingerprint density at radius 2 is 1.53 bits per heavy atom. The van der Waals surface area contributed by atoms with Crippen molar-refractivity contribution in [1.29, 1.82) is 0 Å². The Labute approximate surface area is 277 Å². The van der Waals surface area contributed by atoms with Crippen molar-refractivity contribution in [3.63, 3.8) is 0 Å². The van der Waals surface area contributed by atoms with E-state index in [1.165, 1.54) is 6.92 Å². The van der Waals surface area contributed by atoms with Crippen molar-refractivity contribution < 1.29 is 46.6 Å². The zero-order chi connectivity index (χ0) is 35.8. The van der Waals surface area contributed by atoms with Crippen LogP contribution in [0.3, 0.4) is 0 Å². The van der Waals surface area contributed by atoms with Gasteiger partial charge in [0.25, 0.3) is 0 Å². The first-order valence-electron chi connectivity index (χ1n) is 15.2. The highest BCUT2D eigenvalue weighted by molar-refractivity contribution is 7.93. The maximum Gasteiger partial charge on any atom is 0.408 e. The van der Waals surface area contributed by atoms with Gasteiger partial charge in [-0.15, -0.1) is 0 Å². The molecule has 0 aromatic heterocycles.